The number of hydrogen-bond acceptors (Lipinski definition) is 2. The summed E-state index contributed by atoms with van der Waals surface area (Å²) in [5, 5.41) is 4.99. The molecular formula is C41H30Au2N4. The number of rotatable bonds is 2. The summed E-state index contributed by atoms with van der Waals surface area (Å²) in [6.07, 6.45) is 18.7. The van der Waals surface area contributed by atoms with Crippen molar-refractivity contribution < 1.29 is 44.8 Å². The minimum atomic E-state index is 0. The van der Waals surface area contributed by atoms with Gasteiger partial charge in [0, 0.05) is 87.9 Å². The smallest absolute Gasteiger partial charge is 0.366 e. The number of aryl methyl sites for hydroxylation is 2. The Balaban J connectivity index is 0.000000157. The molecular weight excluding hydrogens is 942 g/mol. The third-order valence-corrected chi connectivity index (χ3v) is 7.93. The van der Waals surface area contributed by atoms with Crippen LogP contribution >= 0.6 is 0 Å². The third kappa shape index (κ3) is 7.69. The third-order valence-electron chi connectivity index (χ3n) is 7.93. The molecule has 4 aromatic heterocycles. The Morgan fingerprint density at radius 3 is 1.26 bits per heavy atom. The van der Waals surface area contributed by atoms with Crippen LogP contribution in [-0.2, 0) is 65.3 Å². The van der Waals surface area contributed by atoms with Crippen molar-refractivity contribution in [3.05, 3.63) is 169 Å². The average Bonchev–Trinajstić information content (AvgIpc) is 3.56. The maximum atomic E-state index is 7.16. The Morgan fingerprint density at radius 2 is 0.872 bits per heavy atom. The standard InChI is InChI=1S/2C15H10N.C11H10N2.2Au/c2*1-3-11-8-9-13-12-6-4-5-7-14(12)16(2)15(13)10-11;1-3-7-12-10(5-1)9-11-6-2-4-8-13-11;;/h2*4-10H,2H3;1-8H,9H2;;/q2*-1;;2*+1. The van der Waals surface area contributed by atoms with Gasteiger partial charge >= 0.3 is 44.8 Å². The molecule has 236 valence electrons. The monoisotopic (exact) mass is 972 g/mol. The molecule has 0 radical (unpaired) electrons. The fraction of sp³-hybridized carbons (Fsp3) is 0.0732. The van der Waals surface area contributed by atoms with Crippen molar-refractivity contribution in [2.24, 2.45) is 14.1 Å². The van der Waals surface area contributed by atoms with Gasteiger partial charge in [-0.15, -0.1) is 35.4 Å². The molecule has 0 saturated carbocycles. The second-order valence-corrected chi connectivity index (χ2v) is 10.7. The molecule has 0 spiro atoms. The molecule has 0 N–H and O–H groups in total. The predicted octanol–water partition coefficient (Wildman–Crippen LogP) is 8.60. The van der Waals surface area contributed by atoms with Gasteiger partial charge in [-0.3, -0.25) is 21.8 Å². The van der Waals surface area contributed by atoms with Crippen LogP contribution in [0.5, 0.6) is 0 Å². The van der Waals surface area contributed by atoms with E-state index in [1.54, 1.807) is 12.4 Å². The van der Waals surface area contributed by atoms with Gasteiger partial charge in [0.1, 0.15) is 0 Å². The molecule has 8 rings (SSSR count). The summed E-state index contributed by atoms with van der Waals surface area (Å²) in [6.45, 7) is 0. The molecule has 0 atom stereocenters. The van der Waals surface area contributed by atoms with E-state index in [9.17, 15) is 0 Å². The molecule has 0 aliphatic carbocycles. The molecule has 4 heterocycles. The van der Waals surface area contributed by atoms with Gasteiger partial charge in [0.25, 0.3) is 0 Å². The average molecular weight is 973 g/mol. The number of fused-ring (bicyclic) bond motifs is 6. The van der Waals surface area contributed by atoms with Gasteiger partial charge in [-0.2, -0.15) is 0 Å². The number of pyridine rings is 2. The minimum Gasteiger partial charge on any atom is -0.366 e. The molecule has 4 aromatic carbocycles. The van der Waals surface area contributed by atoms with Crippen LogP contribution in [-0.4, -0.2) is 19.1 Å². The van der Waals surface area contributed by atoms with Crippen molar-refractivity contribution >= 4 is 43.6 Å². The van der Waals surface area contributed by atoms with Crippen molar-refractivity contribution in [3.63, 3.8) is 0 Å². The van der Waals surface area contributed by atoms with Crippen LogP contribution in [0.3, 0.4) is 0 Å². The van der Waals surface area contributed by atoms with E-state index in [-0.39, 0.29) is 44.8 Å². The van der Waals surface area contributed by atoms with Crippen molar-refractivity contribution in [3.8, 4) is 11.8 Å². The van der Waals surface area contributed by atoms with E-state index >= 15 is 0 Å². The second kappa shape index (κ2) is 16.3. The van der Waals surface area contributed by atoms with Crippen molar-refractivity contribution in [2.75, 3.05) is 0 Å². The fourth-order valence-electron chi connectivity index (χ4n) is 5.67. The first kappa shape index (κ1) is 35.2. The normalized spacial score (nSPS) is 10.0. The summed E-state index contributed by atoms with van der Waals surface area (Å²) in [6, 6.07) is 40.5. The molecule has 0 bridgehead atoms. The molecule has 0 saturated heterocycles. The van der Waals surface area contributed by atoms with Gasteiger partial charge in [0.15, 0.2) is 0 Å². The van der Waals surface area contributed by atoms with Gasteiger partial charge in [0.05, 0.1) is 0 Å². The molecule has 6 heteroatoms. The Morgan fingerprint density at radius 1 is 0.489 bits per heavy atom. The number of nitrogens with zero attached hydrogens (tertiary/aromatic N) is 4. The largest absolute Gasteiger partial charge is 1.00 e. The summed E-state index contributed by atoms with van der Waals surface area (Å²) in [5.41, 5.74) is 8.50. The number of para-hydroxylation sites is 2. The molecule has 0 amide bonds. The van der Waals surface area contributed by atoms with E-state index < -0.39 is 0 Å². The van der Waals surface area contributed by atoms with Crippen LogP contribution in [0.15, 0.2) is 134 Å². The second-order valence-electron chi connectivity index (χ2n) is 10.7. The Hall–Kier alpha value is -4.62. The summed E-state index contributed by atoms with van der Waals surface area (Å²) >= 11 is 0. The molecule has 4 nitrogen and oxygen atoms in total. The van der Waals surface area contributed by atoms with Crippen LogP contribution in [0.2, 0.25) is 0 Å². The van der Waals surface area contributed by atoms with E-state index in [0.29, 0.717) is 0 Å². The summed E-state index contributed by atoms with van der Waals surface area (Å²) < 4.78 is 4.32. The quantitative estimate of drug-likeness (QED) is 0.0990. The van der Waals surface area contributed by atoms with Crippen LogP contribution in [0.1, 0.15) is 22.5 Å². The Bertz CT molecular complexity index is 2170. The van der Waals surface area contributed by atoms with Crippen LogP contribution < -0.4 is 0 Å². The topological polar surface area (TPSA) is 35.6 Å². The fourth-order valence-corrected chi connectivity index (χ4v) is 5.67. The molecule has 0 aliphatic rings. The van der Waals surface area contributed by atoms with Gasteiger partial charge in [0.2, 0.25) is 0 Å². The van der Waals surface area contributed by atoms with Gasteiger partial charge < -0.3 is 22.0 Å². The van der Waals surface area contributed by atoms with E-state index in [1.165, 1.54) is 32.6 Å². The van der Waals surface area contributed by atoms with Crippen LogP contribution in [0.25, 0.3) is 43.6 Å². The van der Waals surface area contributed by atoms with Crippen LogP contribution in [0, 0.1) is 24.7 Å². The summed E-state index contributed by atoms with van der Waals surface area (Å²) in [7, 11) is 4.11. The van der Waals surface area contributed by atoms with E-state index in [0.717, 1.165) is 40.0 Å². The first-order valence-electron chi connectivity index (χ1n) is 14.7. The van der Waals surface area contributed by atoms with Crippen molar-refractivity contribution in [2.45, 2.75) is 6.42 Å². The molecule has 8 aromatic rings. The maximum Gasteiger partial charge on any atom is 1.00 e. The van der Waals surface area contributed by atoms with E-state index in [1.807, 2.05) is 72.8 Å². The SMILES string of the molecule is [Au+].[Au+].[C-]#Cc1ccc2c3ccccc3n(C)c2c1.[C-]#Cc1ccc2c3ccccc3n(C)c2c1.c1ccc(Cc2ccccn2)nc1. The number of aromatic nitrogens is 4. The summed E-state index contributed by atoms with van der Waals surface area (Å²) in [5.74, 6) is 4.85. The maximum absolute atomic E-state index is 7.16. The zero-order valence-corrected chi connectivity index (χ0v) is 30.1. The zero-order chi connectivity index (χ0) is 31.2. The van der Waals surface area contributed by atoms with E-state index in [4.69, 9.17) is 12.8 Å². The van der Waals surface area contributed by atoms with Gasteiger partial charge in [-0.25, -0.2) is 0 Å². The van der Waals surface area contributed by atoms with Crippen molar-refractivity contribution in [1.82, 2.24) is 19.1 Å². The first-order valence-corrected chi connectivity index (χ1v) is 14.7. The molecule has 0 unspecified atom stereocenters. The Kier molecular flexibility index (Phi) is 12.2. The minimum absolute atomic E-state index is 0. The van der Waals surface area contributed by atoms with Gasteiger partial charge in [-0.05, 0) is 36.4 Å². The zero-order valence-electron chi connectivity index (χ0n) is 25.8. The Labute approximate surface area is 306 Å². The molecule has 0 aliphatic heterocycles. The van der Waals surface area contributed by atoms with Crippen molar-refractivity contribution in [1.29, 1.82) is 0 Å². The molecule has 0 fully saturated rings. The van der Waals surface area contributed by atoms with Gasteiger partial charge in [-0.1, -0.05) is 60.7 Å². The first-order chi connectivity index (χ1) is 22.1. The number of benzene rings is 4. The predicted molar refractivity (Wildman–Crippen MR) is 185 cm³/mol. The molecule has 47 heavy (non-hydrogen) atoms. The van der Waals surface area contributed by atoms with Crippen LogP contribution in [0.4, 0.5) is 0 Å². The summed E-state index contributed by atoms with van der Waals surface area (Å²) in [4.78, 5) is 8.47. The van der Waals surface area contributed by atoms with E-state index in [2.05, 4.69) is 93.6 Å². The number of hydrogen-bond donors (Lipinski definition) is 0.